The molecule has 4 atom stereocenters. The normalized spacial score (nSPS) is 38.7. The second kappa shape index (κ2) is 6.42. The molecule has 19 heavy (non-hydrogen) atoms. The monoisotopic (exact) mass is 287 g/mol. The van der Waals surface area contributed by atoms with Gasteiger partial charge in [0, 0.05) is 13.1 Å². The molecule has 2 saturated heterocycles. The number of nitrogens with two attached hydrogens (primary N) is 1. The molecular weight excluding hydrogens is 262 g/mol. The van der Waals surface area contributed by atoms with E-state index in [1.54, 1.807) is 0 Å². The number of amides is 1. The number of rotatable bonds is 3. The molecule has 4 nitrogen and oxygen atoms in total. The van der Waals surface area contributed by atoms with Crippen molar-refractivity contribution in [2.24, 2.45) is 23.5 Å². The van der Waals surface area contributed by atoms with Gasteiger partial charge in [0.05, 0.1) is 6.04 Å². The van der Waals surface area contributed by atoms with E-state index in [1.807, 2.05) is 0 Å². The lowest BCUT2D eigenvalue weighted by Gasteiger charge is -2.31. The van der Waals surface area contributed by atoms with Crippen molar-refractivity contribution in [3.05, 3.63) is 0 Å². The Morgan fingerprint density at radius 2 is 2.11 bits per heavy atom. The summed E-state index contributed by atoms with van der Waals surface area (Å²) in [6.07, 6.45) is 6.36. The Hall–Kier alpha value is -0.320. The molecule has 2 aliphatic heterocycles. The Bertz CT molecular complexity index is 320. The van der Waals surface area contributed by atoms with Crippen LogP contribution in [-0.2, 0) is 4.79 Å². The van der Waals surface area contributed by atoms with E-state index in [0.29, 0.717) is 11.8 Å². The number of primary amides is 1. The van der Waals surface area contributed by atoms with Crippen LogP contribution in [0.4, 0.5) is 0 Å². The zero-order valence-corrected chi connectivity index (χ0v) is 12.3. The van der Waals surface area contributed by atoms with Crippen molar-refractivity contribution in [3.63, 3.8) is 0 Å². The van der Waals surface area contributed by atoms with Gasteiger partial charge in [-0.05, 0) is 56.5 Å². The van der Waals surface area contributed by atoms with E-state index in [9.17, 15) is 4.79 Å². The van der Waals surface area contributed by atoms with E-state index >= 15 is 0 Å². The first-order chi connectivity index (χ1) is 8.75. The van der Waals surface area contributed by atoms with Gasteiger partial charge < -0.3 is 11.1 Å². The number of likely N-dealkylation sites (tertiary alicyclic amines) is 1. The fraction of sp³-hybridized carbons (Fsp3) is 0.929. The minimum absolute atomic E-state index is 0. The minimum atomic E-state index is -0.0897. The standard InChI is InChI=1S/C14H25N3O.ClH/c15-14(18)13-12-5-1-4-11(12)9-17(13)8-10-3-2-6-16-7-10;/h10-13,16H,1-9H2,(H2,15,18);1H. The maximum absolute atomic E-state index is 11.8. The first-order valence-electron chi connectivity index (χ1n) is 7.50. The molecule has 3 N–H and O–H groups in total. The second-order valence-electron chi connectivity index (χ2n) is 6.37. The molecule has 2 heterocycles. The average molecular weight is 288 g/mol. The molecule has 5 heteroatoms. The molecular formula is C14H26ClN3O. The fourth-order valence-electron chi connectivity index (χ4n) is 4.38. The lowest BCUT2D eigenvalue weighted by Crippen LogP contribution is -2.47. The summed E-state index contributed by atoms with van der Waals surface area (Å²) in [5, 5.41) is 3.46. The van der Waals surface area contributed by atoms with Gasteiger partial charge in [0.15, 0.2) is 0 Å². The van der Waals surface area contributed by atoms with E-state index in [0.717, 1.165) is 32.1 Å². The summed E-state index contributed by atoms with van der Waals surface area (Å²) >= 11 is 0. The Morgan fingerprint density at radius 3 is 2.79 bits per heavy atom. The fourth-order valence-corrected chi connectivity index (χ4v) is 4.38. The van der Waals surface area contributed by atoms with Gasteiger partial charge >= 0.3 is 0 Å². The van der Waals surface area contributed by atoms with Gasteiger partial charge in [-0.15, -0.1) is 12.4 Å². The van der Waals surface area contributed by atoms with Crippen LogP contribution in [0.15, 0.2) is 0 Å². The van der Waals surface area contributed by atoms with E-state index in [-0.39, 0.29) is 24.4 Å². The Balaban J connectivity index is 0.00000133. The molecule has 3 fully saturated rings. The molecule has 3 aliphatic rings. The predicted octanol–water partition coefficient (Wildman–Crippen LogP) is 0.994. The van der Waals surface area contributed by atoms with Gasteiger partial charge in [0.25, 0.3) is 0 Å². The summed E-state index contributed by atoms with van der Waals surface area (Å²) < 4.78 is 0. The number of nitrogens with zero attached hydrogens (tertiary/aromatic N) is 1. The largest absolute Gasteiger partial charge is 0.368 e. The highest BCUT2D eigenvalue weighted by atomic mass is 35.5. The van der Waals surface area contributed by atoms with Crippen molar-refractivity contribution in [2.45, 2.75) is 38.1 Å². The van der Waals surface area contributed by atoms with Crippen LogP contribution in [-0.4, -0.2) is 43.0 Å². The van der Waals surface area contributed by atoms with Crippen molar-refractivity contribution < 1.29 is 4.79 Å². The van der Waals surface area contributed by atoms with E-state index < -0.39 is 0 Å². The minimum Gasteiger partial charge on any atom is -0.368 e. The molecule has 0 aromatic heterocycles. The molecule has 4 unspecified atom stereocenters. The highest BCUT2D eigenvalue weighted by molar-refractivity contribution is 5.85. The number of piperidine rings is 1. The lowest BCUT2D eigenvalue weighted by atomic mass is 9.93. The number of hydrogen-bond donors (Lipinski definition) is 2. The van der Waals surface area contributed by atoms with Crippen LogP contribution < -0.4 is 11.1 Å². The summed E-state index contributed by atoms with van der Waals surface area (Å²) in [4.78, 5) is 14.2. The van der Waals surface area contributed by atoms with Crippen molar-refractivity contribution in [1.82, 2.24) is 10.2 Å². The number of halogens is 1. The van der Waals surface area contributed by atoms with Crippen LogP contribution in [0.3, 0.4) is 0 Å². The molecule has 3 rings (SSSR count). The molecule has 1 amide bonds. The number of fused-ring (bicyclic) bond motifs is 1. The molecule has 1 saturated carbocycles. The van der Waals surface area contributed by atoms with Crippen LogP contribution in [0, 0.1) is 17.8 Å². The third-order valence-corrected chi connectivity index (χ3v) is 5.17. The van der Waals surface area contributed by atoms with E-state index in [4.69, 9.17) is 5.73 Å². The maximum atomic E-state index is 11.8. The van der Waals surface area contributed by atoms with E-state index in [2.05, 4.69) is 10.2 Å². The van der Waals surface area contributed by atoms with Crippen molar-refractivity contribution in [3.8, 4) is 0 Å². The topological polar surface area (TPSA) is 58.4 Å². The van der Waals surface area contributed by atoms with Crippen LogP contribution in [0.5, 0.6) is 0 Å². The number of carbonyl (C=O) groups is 1. The quantitative estimate of drug-likeness (QED) is 0.814. The van der Waals surface area contributed by atoms with Crippen LogP contribution in [0.1, 0.15) is 32.1 Å². The maximum Gasteiger partial charge on any atom is 0.235 e. The summed E-state index contributed by atoms with van der Waals surface area (Å²) in [6, 6.07) is 0.0272. The molecule has 0 radical (unpaired) electrons. The second-order valence-corrected chi connectivity index (χ2v) is 6.37. The highest BCUT2D eigenvalue weighted by Gasteiger charge is 2.46. The molecule has 0 aromatic carbocycles. The Kier molecular flexibility index (Phi) is 5.09. The van der Waals surface area contributed by atoms with Gasteiger partial charge in [0.1, 0.15) is 0 Å². The average Bonchev–Trinajstić information content (AvgIpc) is 2.89. The first-order valence-corrected chi connectivity index (χ1v) is 7.50. The molecule has 0 spiro atoms. The zero-order chi connectivity index (χ0) is 12.5. The molecule has 1 aliphatic carbocycles. The van der Waals surface area contributed by atoms with Crippen LogP contribution in [0.25, 0.3) is 0 Å². The van der Waals surface area contributed by atoms with Crippen molar-refractivity contribution in [2.75, 3.05) is 26.2 Å². The van der Waals surface area contributed by atoms with E-state index in [1.165, 1.54) is 32.1 Å². The smallest absolute Gasteiger partial charge is 0.235 e. The number of nitrogens with one attached hydrogen (secondary N) is 1. The lowest BCUT2D eigenvalue weighted by molar-refractivity contribution is -0.123. The molecule has 0 bridgehead atoms. The Labute approximate surface area is 121 Å². The van der Waals surface area contributed by atoms with Gasteiger partial charge in [0.2, 0.25) is 5.91 Å². The Morgan fingerprint density at radius 1 is 1.26 bits per heavy atom. The first kappa shape index (κ1) is 15.1. The van der Waals surface area contributed by atoms with Gasteiger partial charge in [-0.25, -0.2) is 0 Å². The van der Waals surface area contributed by atoms with Gasteiger partial charge in [-0.3, -0.25) is 9.69 Å². The van der Waals surface area contributed by atoms with Gasteiger partial charge in [-0.1, -0.05) is 6.42 Å². The van der Waals surface area contributed by atoms with Crippen molar-refractivity contribution in [1.29, 1.82) is 0 Å². The van der Waals surface area contributed by atoms with Crippen LogP contribution in [0.2, 0.25) is 0 Å². The summed E-state index contributed by atoms with van der Waals surface area (Å²) in [6.45, 7) is 4.43. The van der Waals surface area contributed by atoms with Gasteiger partial charge in [-0.2, -0.15) is 0 Å². The van der Waals surface area contributed by atoms with Crippen LogP contribution >= 0.6 is 12.4 Å². The summed E-state index contributed by atoms with van der Waals surface area (Å²) in [5.41, 5.74) is 5.65. The summed E-state index contributed by atoms with van der Waals surface area (Å²) in [5.74, 6) is 1.91. The predicted molar refractivity (Wildman–Crippen MR) is 78.2 cm³/mol. The highest BCUT2D eigenvalue weighted by Crippen LogP contribution is 2.42. The third kappa shape index (κ3) is 3.06. The number of carbonyl (C=O) groups excluding carboxylic acids is 1. The number of hydrogen-bond acceptors (Lipinski definition) is 3. The molecule has 110 valence electrons. The van der Waals surface area contributed by atoms with Crippen molar-refractivity contribution >= 4 is 18.3 Å². The molecule has 0 aromatic rings. The SMILES string of the molecule is Cl.NC(=O)C1C2CCCC2CN1CC1CCCNC1. The summed E-state index contributed by atoms with van der Waals surface area (Å²) in [7, 11) is 0. The third-order valence-electron chi connectivity index (χ3n) is 5.17. The zero-order valence-electron chi connectivity index (χ0n) is 11.5.